The van der Waals surface area contributed by atoms with Crippen molar-refractivity contribution in [1.82, 2.24) is 0 Å². The van der Waals surface area contributed by atoms with Gasteiger partial charge in [-0.15, -0.1) is 11.3 Å². The first kappa shape index (κ1) is 11.9. The van der Waals surface area contributed by atoms with Crippen LogP contribution in [0.2, 0.25) is 0 Å². The molecule has 1 heterocycles. The summed E-state index contributed by atoms with van der Waals surface area (Å²) >= 11 is 1.64. The molecule has 17 heavy (non-hydrogen) atoms. The minimum atomic E-state index is -0.757. The summed E-state index contributed by atoms with van der Waals surface area (Å²) in [4.78, 5) is 10.9. The van der Waals surface area contributed by atoms with Crippen molar-refractivity contribution >= 4 is 27.4 Å². The van der Waals surface area contributed by atoms with Crippen molar-refractivity contribution < 1.29 is 14.6 Å². The van der Waals surface area contributed by atoms with Crippen molar-refractivity contribution in [2.45, 2.75) is 13.3 Å². The highest BCUT2D eigenvalue weighted by atomic mass is 32.1. The Bertz CT molecular complexity index is 545. The van der Waals surface area contributed by atoms with Crippen LogP contribution in [-0.4, -0.2) is 18.2 Å². The summed E-state index contributed by atoms with van der Waals surface area (Å²) in [6, 6.07) is 5.90. The maximum absolute atomic E-state index is 10.9. The maximum atomic E-state index is 10.9. The molecular weight excluding hydrogens is 236 g/mol. The second kappa shape index (κ2) is 4.75. The number of methoxy groups -OCH3 is 1. The van der Waals surface area contributed by atoms with E-state index in [-0.39, 0.29) is 5.92 Å². The van der Waals surface area contributed by atoms with E-state index in [4.69, 9.17) is 9.84 Å². The van der Waals surface area contributed by atoms with Gasteiger partial charge in [0.15, 0.2) is 0 Å². The number of aliphatic carboxylic acids is 1. The number of fused-ring (bicyclic) bond motifs is 1. The van der Waals surface area contributed by atoms with Crippen LogP contribution in [0.25, 0.3) is 10.1 Å². The van der Waals surface area contributed by atoms with Crippen molar-refractivity contribution in [1.29, 1.82) is 0 Å². The highest BCUT2D eigenvalue weighted by Gasteiger charge is 2.14. The second-order valence-corrected chi connectivity index (χ2v) is 4.98. The number of carboxylic acid groups (broad SMARTS) is 1. The van der Waals surface area contributed by atoms with Crippen molar-refractivity contribution in [3.63, 3.8) is 0 Å². The van der Waals surface area contributed by atoms with Crippen LogP contribution in [0.4, 0.5) is 0 Å². The first-order valence-corrected chi connectivity index (χ1v) is 6.26. The van der Waals surface area contributed by atoms with Crippen LogP contribution in [0.5, 0.6) is 5.75 Å². The SMILES string of the molecule is COc1ccc2scc(CC(C)C(=O)O)c2c1. The fourth-order valence-corrected chi connectivity index (χ4v) is 2.72. The smallest absolute Gasteiger partial charge is 0.306 e. The Morgan fingerprint density at radius 3 is 2.94 bits per heavy atom. The maximum Gasteiger partial charge on any atom is 0.306 e. The number of rotatable bonds is 4. The Morgan fingerprint density at radius 1 is 1.53 bits per heavy atom. The largest absolute Gasteiger partial charge is 0.497 e. The van der Waals surface area contributed by atoms with Crippen molar-refractivity contribution in [2.75, 3.05) is 7.11 Å². The van der Waals surface area contributed by atoms with Crippen LogP contribution in [0.1, 0.15) is 12.5 Å². The number of hydrogen-bond donors (Lipinski definition) is 1. The van der Waals surface area contributed by atoms with E-state index in [1.165, 1.54) is 4.70 Å². The van der Waals surface area contributed by atoms with Gasteiger partial charge in [-0.25, -0.2) is 0 Å². The molecule has 0 aliphatic carbocycles. The molecule has 1 aromatic carbocycles. The van der Waals surface area contributed by atoms with E-state index in [1.54, 1.807) is 25.4 Å². The van der Waals surface area contributed by atoms with Crippen LogP contribution in [0.3, 0.4) is 0 Å². The lowest BCUT2D eigenvalue weighted by Gasteiger charge is -2.05. The zero-order chi connectivity index (χ0) is 12.4. The Kier molecular flexibility index (Phi) is 3.33. The van der Waals surface area contributed by atoms with Gasteiger partial charge in [-0.2, -0.15) is 0 Å². The van der Waals surface area contributed by atoms with Gasteiger partial charge < -0.3 is 9.84 Å². The van der Waals surface area contributed by atoms with Gasteiger partial charge in [0.1, 0.15) is 5.75 Å². The van der Waals surface area contributed by atoms with Crippen molar-refractivity contribution in [3.05, 3.63) is 29.1 Å². The third-order valence-corrected chi connectivity index (χ3v) is 3.82. The van der Waals surface area contributed by atoms with Crippen LogP contribution in [-0.2, 0) is 11.2 Å². The van der Waals surface area contributed by atoms with Crippen LogP contribution in [0, 0.1) is 5.92 Å². The van der Waals surface area contributed by atoms with Crippen LogP contribution < -0.4 is 4.74 Å². The summed E-state index contributed by atoms with van der Waals surface area (Å²) in [5, 5.41) is 12.1. The zero-order valence-electron chi connectivity index (χ0n) is 9.77. The van der Waals surface area contributed by atoms with Crippen molar-refractivity contribution in [2.24, 2.45) is 5.92 Å². The van der Waals surface area contributed by atoms with E-state index >= 15 is 0 Å². The molecule has 90 valence electrons. The number of carbonyl (C=O) groups is 1. The first-order valence-electron chi connectivity index (χ1n) is 5.38. The number of carboxylic acids is 1. The normalized spacial score (nSPS) is 12.6. The van der Waals surface area contributed by atoms with Gasteiger partial charge in [-0.05, 0) is 40.9 Å². The van der Waals surface area contributed by atoms with E-state index in [0.717, 1.165) is 16.7 Å². The van der Waals surface area contributed by atoms with Gasteiger partial charge >= 0.3 is 5.97 Å². The van der Waals surface area contributed by atoms with E-state index in [1.807, 2.05) is 23.6 Å². The molecule has 2 aromatic rings. The van der Waals surface area contributed by atoms with Crippen LogP contribution in [0.15, 0.2) is 23.6 Å². The third-order valence-electron chi connectivity index (χ3n) is 2.81. The predicted molar refractivity (Wildman–Crippen MR) is 68.9 cm³/mol. The summed E-state index contributed by atoms with van der Waals surface area (Å²) in [5.41, 5.74) is 1.08. The number of benzene rings is 1. The molecule has 2 rings (SSSR count). The van der Waals surface area contributed by atoms with E-state index in [2.05, 4.69) is 0 Å². The molecule has 0 radical (unpaired) electrons. The highest BCUT2D eigenvalue weighted by molar-refractivity contribution is 7.17. The first-order chi connectivity index (χ1) is 8.11. The van der Waals surface area contributed by atoms with E-state index in [0.29, 0.717) is 6.42 Å². The summed E-state index contributed by atoms with van der Waals surface area (Å²) in [6.45, 7) is 1.73. The molecule has 1 aromatic heterocycles. The molecule has 0 aliphatic heterocycles. The van der Waals surface area contributed by atoms with Gasteiger partial charge in [-0.1, -0.05) is 6.92 Å². The minimum Gasteiger partial charge on any atom is -0.497 e. The summed E-state index contributed by atoms with van der Waals surface area (Å²) in [5.74, 6) is -0.314. The fourth-order valence-electron chi connectivity index (χ4n) is 1.76. The number of ether oxygens (including phenoxy) is 1. The Labute approximate surface area is 104 Å². The highest BCUT2D eigenvalue weighted by Crippen LogP contribution is 2.30. The predicted octanol–water partition coefficient (Wildman–Crippen LogP) is 3.17. The molecule has 1 unspecified atom stereocenters. The van der Waals surface area contributed by atoms with Gasteiger partial charge in [0.25, 0.3) is 0 Å². The Balaban J connectivity index is 2.37. The summed E-state index contributed by atoms with van der Waals surface area (Å²) in [7, 11) is 1.63. The molecule has 0 spiro atoms. The summed E-state index contributed by atoms with van der Waals surface area (Å²) < 4.78 is 6.35. The average molecular weight is 250 g/mol. The summed E-state index contributed by atoms with van der Waals surface area (Å²) in [6.07, 6.45) is 0.558. The van der Waals surface area contributed by atoms with Crippen molar-refractivity contribution in [3.8, 4) is 5.75 Å². The molecule has 3 nitrogen and oxygen atoms in total. The molecule has 0 fully saturated rings. The second-order valence-electron chi connectivity index (χ2n) is 4.07. The number of thiophene rings is 1. The zero-order valence-corrected chi connectivity index (χ0v) is 10.6. The molecule has 0 saturated carbocycles. The Hall–Kier alpha value is -1.55. The molecule has 1 N–H and O–H groups in total. The van der Waals surface area contributed by atoms with Gasteiger partial charge in [0.2, 0.25) is 0 Å². The van der Waals surface area contributed by atoms with Gasteiger partial charge in [0.05, 0.1) is 13.0 Å². The lowest BCUT2D eigenvalue weighted by molar-refractivity contribution is -0.141. The quantitative estimate of drug-likeness (QED) is 0.906. The Morgan fingerprint density at radius 2 is 2.29 bits per heavy atom. The lowest BCUT2D eigenvalue weighted by Crippen LogP contribution is -2.11. The number of hydrogen-bond acceptors (Lipinski definition) is 3. The fraction of sp³-hybridized carbons (Fsp3) is 0.308. The molecule has 1 atom stereocenters. The van der Waals surface area contributed by atoms with Gasteiger partial charge in [0, 0.05) is 4.70 Å². The molecule has 4 heteroatoms. The van der Waals surface area contributed by atoms with E-state index < -0.39 is 5.97 Å². The van der Waals surface area contributed by atoms with Crippen LogP contribution >= 0.6 is 11.3 Å². The average Bonchev–Trinajstić information content (AvgIpc) is 2.71. The lowest BCUT2D eigenvalue weighted by atomic mass is 10.0. The van der Waals surface area contributed by atoms with Gasteiger partial charge in [-0.3, -0.25) is 4.79 Å². The topological polar surface area (TPSA) is 46.5 Å². The third kappa shape index (κ3) is 2.42. The monoisotopic (exact) mass is 250 g/mol. The molecule has 0 amide bonds. The molecule has 0 bridgehead atoms. The molecule has 0 saturated heterocycles. The van der Waals surface area contributed by atoms with E-state index in [9.17, 15) is 4.79 Å². The minimum absolute atomic E-state index is 0.362. The molecular formula is C13H14O3S. The standard InChI is InChI=1S/C13H14O3S/c1-8(13(14)15)5-9-7-17-12-4-3-10(16-2)6-11(9)12/h3-4,6-8H,5H2,1-2H3,(H,14,15). The molecule has 0 aliphatic rings.